The van der Waals surface area contributed by atoms with Gasteiger partial charge in [-0.15, -0.1) is 23.2 Å². The normalized spacial score (nSPS) is 13.3. The summed E-state index contributed by atoms with van der Waals surface area (Å²) in [6, 6.07) is -1.65. The second-order valence-electron chi connectivity index (χ2n) is 3.42. The van der Waals surface area contributed by atoms with Crippen molar-refractivity contribution in [1.82, 2.24) is 10.6 Å². The first-order chi connectivity index (χ1) is 8.46. The number of ether oxygens (including phenoxy) is 1. The Hall–Kier alpha value is -1.01. The van der Waals surface area contributed by atoms with Crippen LogP contribution in [0, 0.1) is 0 Å². The molecule has 0 aromatic rings. The Morgan fingerprint density at radius 3 is 2.06 bits per heavy atom. The molecule has 0 aliphatic rings. The third-order valence-electron chi connectivity index (χ3n) is 1.99. The maximum absolute atomic E-state index is 11.6. The highest BCUT2D eigenvalue weighted by Crippen LogP contribution is 1.98. The summed E-state index contributed by atoms with van der Waals surface area (Å²) in [5, 5.41) is 4.85. The zero-order chi connectivity index (χ0) is 14.1. The van der Waals surface area contributed by atoms with Crippen molar-refractivity contribution in [2.24, 2.45) is 0 Å². The van der Waals surface area contributed by atoms with Crippen LogP contribution in [-0.2, 0) is 19.1 Å². The van der Waals surface area contributed by atoms with Gasteiger partial charge >= 0.3 is 5.97 Å². The monoisotopic (exact) mass is 298 g/mol. The zero-order valence-corrected chi connectivity index (χ0v) is 11.7. The molecule has 0 radical (unpaired) electrons. The highest BCUT2D eigenvalue weighted by Gasteiger charge is 2.28. The molecule has 0 aliphatic carbocycles. The molecule has 8 heteroatoms. The number of amides is 2. The summed E-state index contributed by atoms with van der Waals surface area (Å²) in [5.74, 6) is -2.13. The number of hydrogen-bond donors (Lipinski definition) is 2. The van der Waals surface area contributed by atoms with Crippen LogP contribution in [0.5, 0.6) is 0 Å². The third-order valence-corrected chi connectivity index (χ3v) is 2.47. The summed E-state index contributed by atoms with van der Waals surface area (Å²) >= 11 is 10.7. The van der Waals surface area contributed by atoms with E-state index >= 15 is 0 Å². The van der Waals surface area contributed by atoms with E-state index in [0.29, 0.717) is 0 Å². The minimum Gasteiger partial charge on any atom is -0.464 e. The number of carbonyl (C=O) groups excluding carboxylic acids is 3. The van der Waals surface area contributed by atoms with Crippen molar-refractivity contribution in [2.75, 3.05) is 18.4 Å². The van der Waals surface area contributed by atoms with E-state index in [0.717, 1.165) is 0 Å². The Morgan fingerprint density at radius 1 is 1.11 bits per heavy atom. The molecule has 0 bridgehead atoms. The van der Waals surface area contributed by atoms with Gasteiger partial charge < -0.3 is 15.4 Å². The fourth-order valence-electron chi connectivity index (χ4n) is 1.21. The second-order valence-corrected chi connectivity index (χ2v) is 3.96. The van der Waals surface area contributed by atoms with Gasteiger partial charge in [0.05, 0.1) is 12.6 Å². The predicted octanol–water partition coefficient (Wildman–Crippen LogP) is 0.0166. The van der Waals surface area contributed by atoms with E-state index in [1.54, 1.807) is 13.8 Å². The van der Waals surface area contributed by atoms with Crippen LogP contribution in [0.4, 0.5) is 0 Å². The summed E-state index contributed by atoms with van der Waals surface area (Å²) in [6.45, 7) is 3.36. The average Bonchev–Trinajstić information content (AvgIpc) is 2.35. The molecule has 0 spiro atoms. The molecule has 0 aromatic carbocycles. The molecular formula is C10H16Cl2N2O4. The minimum absolute atomic E-state index is 0.169. The Balaban J connectivity index is 4.67. The number of nitrogens with one attached hydrogen (secondary N) is 2. The first kappa shape index (κ1) is 17.0. The molecule has 0 aromatic heterocycles. The molecule has 0 saturated heterocycles. The Morgan fingerprint density at radius 2 is 1.61 bits per heavy atom. The molecule has 2 atom stereocenters. The number of carbonyl (C=O) groups is 3. The summed E-state index contributed by atoms with van der Waals surface area (Å²) in [7, 11) is 0. The van der Waals surface area contributed by atoms with Gasteiger partial charge in [0.25, 0.3) is 0 Å². The summed E-state index contributed by atoms with van der Waals surface area (Å²) < 4.78 is 4.80. The molecule has 0 heterocycles. The number of esters is 1. The maximum atomic E-state index is 11.6. The standard InChI is InChI=1S/C10H16Cl2N2O4/c1-3-18-10(17)9(14-8(16)5-12)6(2)13-7(15)4-11/h6,9H,3-5H2,1-2H3,(H,13,15)(H,14,16). The van der Waals surface area contributed by atoms with E-state index in [-0.39, 0.29) is 18.4 Å². The van der Waals surface area contributed by atoms with Gasteiger partial charge in [0.2, 0.25) is 11.8 Å². The van der Waals surface area contributed by atoms with Crippen molar-refractivity contribution in [2.45, 2.75) is 25.9 Å². The highest BCUT2D eigenvalue weighted by molar-refractivity contribution is 6.27. The molecule has 18 heavy (non-hydrogen) atoms. The minimum atomic E-state index is -0.997. The van der Waals surface area contributed by atoms with Crippen LogP contribution in [0.3, 0.4) is 0 Å². The van der Waals surface area contributed by atoms with Crippen molar-refractivity contribution in [3.05, 3.63) is 0 Å². The highest BCUT2D eigenvalue weighted by atomic mass is 35.5. The number of halogens is 2. The molecule has 104 valence electrons. The smallest absolute Gasteiger partial charge is 0.330 e. The molecule has 2 N–H and O–H groups in total. The predicted molar refractivity (Wildman–Crippen MR) is 67.6 cm³/mol. The fourth-order valence-corrected chi connectivity index (χ4v) is 1.36. The second kappa shape index (κ2) is 8.99. The van der Waals surface area contributed by atoms with Crippen molar-refractivity contribution in [1.29, 1.82) is 0 Å². The fraction of sp³-hybridized carbons (Fsp3) is 0.700. The molecule has 6 nitrogen and oxygen atoms in total. The van der Waals surface area contributed by atoms with Gasteiger partial charge in [-0.25, -0.2) is 4.79 Å². The van der Waals surface area contributed by atoms with Crippen molar-refractivity contribution in [3.63, 3.8) is 0 Å². The van der Waals surface area contributed by atoms with E-state index in [2.05, 4.69) is 10.6 Å². The lowest BCUT2D eigenvalue weighted by molar-refractivity contribution is -0.148. The first-order valence-corrected chi connectivity index (χ1v) is 6.40. The van der Waals surface area contributed by atoms with Crippen LogP contribution in [0.25, 0.3) is 0 Å². The number of rotatable bonds is 7. The SMILES string of the molecule is CCOC(=O)C(NC(=O)CCl)C(C)NC(=O)CCl. The number of hydrogen-bond acceptors (Lipinski definition) is 4. The van der Waals surface area contributed by atoms with Crippen LogP contribution in [0.15, 0.2) is 0 Å². The Bertz CT molecular complexity index is 312. The van der Waals surface area contributed by atoms with Crippen LogP contribution in [-0.4, -0.2) is 48.2 Å². The molecule has 2 amide bonds. The lowest BCUT2D eigenvalue weighted by Gasteiger charge is -2.23. The van der Waals surface area contributed by atoms with Gasteiger partial charge in [0.15, 0.2) is 0 Å². The van der Waals surface area contributed by atoms with Crippen LogP contribution in [0.1, 0.15) is 13.8 Å². The van der Waals surface area contributed by atoms with Crippen LogP contribution < -0.4 is 10.6 Å². The summed E-state index contributed by atoms with van der Waals surface area (Å²) in [6.07, 6.45) is 0. The van der Waals surface area contributed by atoms with Crippen molar-refractivity contribution < 1.29 is 19.1 Å². The summed E-state index contributed by atoms with van der Waals surface area (Å²) in [4.78, 5) is 34.0. The number of alkyl halides is 2. The molecular weight excluding hydrogens is 283 g/mol. The van der Waals surface area contributed by atoms with Crippen molar-refractivity contribution >= 4 is 41.0 Å². The molecule has 2 unspecified atom stereocenters. The lowest BCUT2D eigenvalue weighted by Crippen LogP contribution is -2.55. The third kappa shape index (κ3) is 6.07. The largest absolute Gasteiger partial charge is 0.464 e. The van der Waals surface area contributed by atoms with E-state index < -0.39 is 29.9 Å². The average molecular weight is 299 g/mol. The van der Waals surface area contributed by atoms with Gasteiger partial charge in [-0.3, -0.25) is 9.59 Å². The lowest BCUT2D eigenvalue weighted by atomic mass is 10.1. The van der Waals surface area contributed by atoms with Gasteiger partial charge in [-0.1, -0.05) is 0 Å². The Labute approximate surface area is 115 Å². The first-order valence-electron chi connectivity index (χ1n) is 5.33. The van der Waals surface area contributed by atoms with Crippen LogP contribution in [0.2, 0.25) is 0 Å². The van der Waals surface area contributed by atoms with E-state index in [9.17, 15) is 14.4 Å². The molecule has 0 fully saturated rings. The van der Waals surface area contributed by atoms with Gasteiger partial charge in [-0.05, 0) is 13.8 Å². The van der Waals surface area contributed by atoms with E-state index in [1.807, 2.05) is 0 Å². The van der Waals surface area contributed by atoms with Crippen molar-refractivity contribution in [3.8, 4) is 0 Å². The van der Waals surface area contributed by atoms with E-state index in [4.69, 9.17) is 27.9 Å². The Kier molecular flexibility index (Phi) is 8.49. The maximum Gasteiger partial charge on any atom is 0.330 e. The zero-order valence-electron chi connectivity index (χ0n) is 10.2. The molecule has 0 aliphatic heterocycles. The van der Waals surface area contributed by atoms with Gasteiger partial charge in [-0.2, -0.15) is 0 Å². The topological polar surface area (TPSA) is 84.5 Å². The summed E-state index contributed by atoms with van der Waals surface area (Å²) in [5.41, 5.74) is 0. The molecule has 0 saturated carbocycles. The van der Waals surface area contributed by atoms with Gasteiger partial charge in [0.1, 0.15) is 17.8 Å². The van der Waals surface area contributed by atoms with Crippen LogP contribution >= 0.6 is 23.2 Å². The molecule has 0 rings (SSSR count). The van der Waals surface area contributed by atoms with Gasteiger partial charge in [0, 0.05) is 0 Å². The van der Waals surface area contributed by atoms with E-state index in [1.165, 1.54) is 0 Å². The quantitative estimate of drug-likeness (QED) is 0.512.